The lowest BCUT2D eigenvalue weighted by Crippen LogP contribution is -2.30. The lowest BCUT2D eigenvalue weighted by Gasteiger charge is -2.18. The number of nitrogens with zero attached hydrogens (tertiary/aromatic N) is 2. The zero-order chi connectivity index (χ0) is 19.3. The van der Waals surface area contributed by atoms with Gasteiger partial charge in [0, 0.05) is 22.2 Å². The molecule has 138 valence electrons. The minimum atomic E-state index is -0.351. The highest BCUT2D eigenvalue weighted by Gasteiger charge is 2.20. The van der Waals surface area contributed by atoms with Crippen LogP contribution in [-0.4, -0.2) is 15.9 Å². The number of hydrogen-bond donors (Lipinski definition) is 1. The summed E-state index contributed by atoms with van der Waals surface area (Å²) in [6.07, 6.45) is 1.72. The molecular weight excluding hydrogens is 390 g/mol. The van der Waals surface area contributed by atoms with E-state index in [4.69, 9.17) is 11.6 Å². The predicted molar refractivity (Wildman–Crippen MR) is 113 cm³/mol. The summed E-state index contributed by atoms with van der Waals surface area (Å²) in [5.74, 6) is -0.240. The third kappa shape index (κ3) is 4.11. The van der Waals surface area contributed by atoms with Crippen LogP contribution in [0.4, 0.5) is 0 Å². The molecule has 1 amide bonds. The quantitative estimate of drug-likeness (QED) is 0.485. The minimum absolute atomic E-state index is 0.240. The summed E-state index contributed by atoms with van der Waals surface area (Å²) < 4.78 is 0. The molecule has 0 radical (unpaired) electrons. The molecule has 0 saturated carbocycles. The number of aromatic nitrogens is 2. The maximum Gasteiger partial charge on any atom is 0.271 e. The number of amides is 1. The maximum absolute atomic E-state index is 12.9. The number of nitrogens with one attached hydrogen (secondary N) is 1. The van der Waals surface area contributed by atoms with Crippen LogP contribution in [-0.2, 0) is 0 Å². The molecule has 4 rings (SSSR count). The van der Waals surface area contributed by atoms with E-state index in [2.05, 4.69) is 15.3 Å². The molecule has 0 fully saturated rings. The Hall–Kier alpha value is -3.02. The molecule has 0 bridgehead atoms. The van der Waals surface area contributed by atoms with E-state index in [0.717, 1.165) is 21.8 Å². The molecule has 2 aromatic heterocycles. The Bertz CT molecular complexity index is 1030. The van der Waals surface area contributed by atoms with Crippen LogP contribution in [0, 0.1) is 0 Å². The van der Waals surface area contributed by atoms with Crippen molar-refractivity contribution in [2.45, 2.75) is 6.04 Å². The van der Waals surface area contributed by atoms with Crippen LogP contribution in [0.5, 0.6) is 0 Å². The van der Waals surface area contributed by atoms with Crippen LogP contribution in [0.1, 0.15) is 27.8 Å². The van der Waals surface area contributed by atoms with E-state index < -0.39 is 0 Å². The predicted octanol–water partition coefficient (Wildman–Crippen LogP) is 5.38. The first kappa shape index (κ1) is 18.3. The molecule has 1 unspecified atom stereocenters. The number of thiazole rings is 1. The van der Waals surface area contributed by atoms with E-state index in [-0.39, 0.29) is 11.9 Å². The third-order valence-electron chi connectivity index (χ3n) is 4.22. The Kier molecular flexibility index (Phi) is 5.46. The van der Waals surface area contributed by atoms with Crippen molar-refractivity contribution in [3.8, 4) is 10.6 Å². The van der Waals surface area contributed by atoms with E-state index in [1.807, 2.05) is 72.8 Å². The van der Waals surface area contributed by atoms with Crippen LogP contribution in [0.2, 0.25) is 5.02 Å². The molecule has 0 saturated heterocycles. The van der Waals surface area contributed by atoms with Gasteiger partial charge in [0.15, 0.2) is 0 Å². The molecule has 2 heterocycles. The summed E-state index contributed by atoms with van der Waals surface area (Å²) in [6, 6.07) is 22.5. The fraction of sp³-hybridized carbons (Fsp3) is 0.0455. The van der Waals surface area contributed by atoms with Crippen LogP contribution in [0.15, 0.2) is 84.4 Å². The molecule has 1 N–H and O–H groups in total. The fourth-order valence-electron chi connectivity index (χ4n) is 2.83. The smallest absolute Gasteiger partial charge is 0.271 e. The van der Waals surface area contributed by atoms with Crippen molar-refractivity contribution in [3.05, 3.63) is 106 Å². The number of carbonyl (C=O) groups excluding carboxylic acids is 1. The molecule has 2 aromatic carbocycles. The van der Waals surface area contributed by atoms with Gasteiger partial charge >= 0.3 is 0 Å². The van der Waals surface area contributed by atoms with Crippen LogP contribution >= 0.6 is 22.9 Å². The van der Waals surface area contributed by atoms with Gasteiger partial charge in [0.2, 0.25) is 0 Å². The maximum atomic E-state index is 12.9. The van der Waals surface area contributed by atoms with Gasteiger partial charge in [-0.1, -0.05) is 60.1 Å². The summed E-state index contributed by atoms with van der Waals surface area (Å²) in [5.41, 5.74) is 3.04. The monoisotopic (exact) mass is 405 g/mol. The standard InChI is InChI=1S/C22H16ClN3OS/c23-17-11-9-16(10-12-17)22-25-19(14-28-22)21(27)26-20(15-6-2-1-3-7-15)18-8-4-5-13-24-18/h1-14,20H,(H,26,27). The molecule has 0 aliphatic heterocycles. The largest absolute Gasteiger partial charge is 0.338 e. The number of rotatable bonds is 5. The molecule has 1 atom stereocenters. The van der Waals surface area contributed by atoms with Gasteiger partial charge in [0.1, 0.15) is 10.7 Å². The molecule has 6 heteroatoms. The highest BCUT2D eigenvalue weighted by atomic mass is 35.5. The van der Waals surface area contributed by atoms with E-state index in [0.29, 0.717) is 10.7 Å². The Morgan fingerprint density at radius 1 is 0.964 bits per heavy atom. The SMILES string of the molecule is O=C(NC(c1ccccc1)c1ccccn1)c1csc(-c2ccc(Cl)cc2)n1. The van der Waals surface area contributed by atoms with Gasteiger partial charge in [0.05, 0.1) is 11.7 Å². The van der Waals surface area contributed by atoms with Crippen molar-refractivity contribution in [2.24, 2.45) is 0 Å². The van der Waals surface area contributed by atoms with Crippen molar-refractivity contribution < 1.29 is 4.79 Å². The average molecular weight is 406 g/mol. The van der Waals surface area contributed by atoms with E-state index >= 15 is 0 Å². The minimum Gasteiger partial charge on any atom is -0.338 e. The normalized spacial score (nSPS) is 11.8. The van der Waals surface area contributed by atoms with Crippen LogP contribution in [0.25, 0.3) is 10.6 Å². The van der Waals surface area contributed by atoms with Crippen molar-refractivity contribution >= 4 is 28.8 Å². The van der Waals surface area contributed by atoms with Gasteiger partial charge in [-0.25, -0.2) is 4.98 Å². The summed E-state index contributed by atoms with van der Waals surface area (Å²) in [4.78, 5) is 21.8. The lowest BCUT2D eigenvalue weighted by molar-refractivity contribution is 0.0938. The number of hydrogen-bond acceptors (Lipinski definition) is 4. The Morgan fingerprint density at radius 3 is 2.43 bits per heavy atom. The van der Waals surface area contributed by atoms with Crippen molar-refractivity contribution in [1.29, 1.82) is 0 Å². The summed E-state index contributed by atoms with van der Waals surface area (Å²) in [7, 11) is 0. The van der Waals surface area contributed by atoms with Crippen molar-refractivity contribution in [3.63, 3.8) is 0 Å². The van der Waals surface area contributed by atoms with Gasteiger partial charge in [-0.15, -0.1) is 11.3 Å². The molecular formula is C22H16ClN3OS. The molecule has 0 aliphatic carbocycles. The summed E-state index contributed by atoms with van der Waals surface area (Å²) in [5, 5.41) is 6.27. The molecule has 0 aliphatic rings. The summed E-state index contributed by atoms with van der Waals surface area (Å²) >= 11 is 7.37. The van der Waals surface area contributed by atoms with Crippen LogP contribution in [0.3, 0.4) is 0 Å². The summed E-state index contributed by atoms with van der Waals surface area (Å²) in [6.45, 7) is 0. The van der Waals surface area contributed by atoms with Gasteiger partial charge in [-0.2, -0.15) is 0 Å². The highest BCUT2D eigenvalue weighted by molar-refractivity contribution is 7.13. The number of carbonyl (C=O) groups is 1. The first-order chi connectivity index (χ1) is 13.7. The zero-order valence-electron chi connectivity index (χ0n) is 14.7. The Balaban J connectivity index is 1.59. The number of halogens is 1. The average Bonchev–Trinajstić information content (AvgIpc) is 3.24. The highest BCUT2D eigenvalue weighted by Crippen LogP contribution is 2.26. The lowest BCUT2D eigenvalue weighted by atomic mass is 10.0. The van der Waals surface area contributed by atoms with E-state index in [1.165, 1.54) is 11.3 Å². The van der Waals surface area contributed by atoms with Crippen molar-refractivity contribution in [1.82, 2.24) is 15.3 Å². The van der Waals surface area contributed by atoms with Crippen molar-refractivity contribution in [2.75, 3.05) is 0 Å². The molecule has 4 nitrogen and oxygen atoms in total. The second kappa shape index (κ2) is 8.33. The zero-order valence-corrected chi connectivity index (χ0v) is 16.3. The van der Waals surface area contributed by atoms with E-state index in [1.54, 1.807) is 11.6 Å². The second-order valence-corrected chi connectivity index (χ2v) is 7.41. The molecule has 0 spiro atoms. The van der Waals surface area contributed by atoms with Crippen LogP contribution < -0.4 is 5.32 Å². The fourth-order valence-corrected chi connectivity index (χ4v) is 3.76. The van der Waals surface area contributed by atoms with Gasteiger partial charge in [-0.05, 0) is 29.8 Å². The number of benzene rings is 2. The molecule has 4 aromatic rings. The topological polar surface area (TPSA) is 54.9 Å². The van der Waals surface area contributed by atoms with Gasteiger partial charge < -0.3 is 5.32 Å². The third-order valence-corrected chi connectivity index (χ3v) is 5.36. The van der Waals surface area contributed by atoms with Gasteiger partial charge in [-0.3, -0.25) is 9.78 Å². The second-order valence-electron chi connectivity index (χ2n) is 6.12. The number of pyridine rings is 1. The first-order valence-electron chi connectivity index (χ1n) is 8.69. The van der Waals surface area contributed by atoms with E-state index in [9.17, 15) is 4.79 Å². The molecule has 28 heavy (non-hydrogen) atoms. The Morgan fingerprint density at radius 2 is 1.71 bits per heavy atom. The van der Waals surface area contributed by atoms with Gasteiger partial charge in [0.25, 0.3) is 5.91 Å². The first-order valence-corrected chi connectivity index (χ1v) is 9.94. The Labute approximate surface area is 171 Å².